The summed E-state index contributed by atoms with van der Waals surface area (Å²) in [5.74, 6) is 0.510. The van der Waals surface area contributed by atoms with Gasteiger partial charge in [0.1, 0.15) is 0 Å². The van der Waals surface area contributed by atoms with Gasteiger partial charge < -0.3 is 5.11 Å². The van der Waals surface area contributed by atoms with Crippen LogP contribution in [0.4, 0.5) is 0 Å². The lowest BCUT2D eigenvalue weighted by atomic mass is 9.58. The molecule has 1 aliphatic carbocycles. The van der Waals surface area contributed by atoms with Crippen LogP contribution in [0, 0.1) is 5.41 Å². The maximum Gasteiger partial charge on any atom is 0.0603 e. The van der Waals surface area contributed by atoms with E-state index in [1.165, 1.54) is 10.5 Å². The molecule has 1 nitrogen and oxygen atoms in total. The molecule has 0 spiro atoms. The van der Waals surface area contributed by atoms with Crippen LogP contribution < -0.4 is 0 Å². The van der Waals surface area contributed by atoms with Crippen molar-refractivity contribution in [2.75, 3.05) is 0 Å². The second kappa shape index (κ2) is 4.66. The third kappa shape index (κ3) is 2.53. The summed E-state index contributed by atoms with van der Waals surface area (Å²) < 4.78 is 0. The maximum absolute atomic E-state index is 9.78. The van der Waals surface area contributed by atoms with Crippen LogP contribution in [-0.4, -0.2) is 16.5 Å². The lowest BCUT2D eigenvalue weighted by Gasteiger charge is -2.49. The van der Waals surface area contributed by atoms with Crippen LogP contribution in [0.5, 0.6) is 0 Å². The molecule has 0 aliphatic heterocycles. The van der Waals surface area contributed by atoms with E-state index in [2.05, 4.69) is 52.0 Å². The normalized spacial score (nSPS) is 26.9. The lowest BCUT2D eigenvalue weighted by molar-refractivity contribution is -0.0625. The molecular formula is C15H22OS. The van der Waals surface area contributed by atoms with E-state index in [-0.39, 0.29) is 11.5 Å². The highest BCUT2D eigenvalue weighted by atomic mass is 32.2. The highest BCUT2D eigenvalue weighted by Crippen LogP contribution is 2.52. The second-order valence-electron chi connectivity index (χ2n) is 5.86. The van der Waals surface area contributed by atoms with Crippen LogP contribution in [0.2, 0.25) is 0 Å². The van der Waals surface area contributed by atoms with E-state index in [1.807, 2.05) is 11.8 Å². The van der Waals surface area contributed by atoms with Crippen molar-refractivity contribution in [3.8, 4) is 0 Å². The molecule has 0 saturated heterocycles. The molecule has 1 saturated carbocycles. The topological polar surface area (TPSA) is 20.2 Å². The van der Waals surface area contributed by atoms with Gasteiger partial charge in [0.15, 0.2) is 0 Å². The number of hydrogen-bond donors (Lipinski definition) is 1. The Morgan fingerprint density at radius 1 is 1.24 bits per heavy atom. The summed E-state index contributed by atoms with van der Waals surface area (Å²) in [7, 11) is 0. The van der Waals surface area contributed by atoms with Crippen LogP contribution >= 0.6 is 11.8 Å². The fourth-order valence-corrected chi connectivity index (χ4v) is 3.36. The molecule has 1 aromatic rings. The van der Waals surface area contributed by atoms with Gasteiger partial charge in [-0.15, -0.1) is 11.8 Å². The van der Waals surface area contributed by atoms with Crippen LogP contribution in [0.25, 0.3) is 0 Å². The number of aliphatic hydroxyl groups is 1. The quantitative estimate of drug-likeness (QED) is 0.816. The first-order chi connectivity index (χ1) is 7.91. The molecule has 1 fully saturated rings. The summed E-state index contributed by atoms with van der Waals surface area (Å²) in [6.07, 6.45) is 0.765. The Hall–Kier alpha value is -0.470. The predicted octanol–water partition coefficient (Wildman–Crippen LogP) is 4.06. The molecule has 0 bridgehead atoms. The monoisotopic (exact) mass is 250 g/mol. The van der Waals surface area contributed by atoms with Gasteiger partial charge in [-0.3, -0.25) is 0 Å². The number of thioether (sulfide) groups is 1. The summed E-state index contributed by atoms with van der Waals surface area (Å²) in [6, 6.07) is 8.87. The molecule has 1 N–H and O–H groups in total. The van der Waals surface area contributed by atoms with Crippen molar-refractivity contribution in [3.63, 3.8) is 0 Å². The second-order valence-corrected chi connectivity index (χ2v) is 7.51. The van der Waals surface area contributed by atoms with Crippen LogP contribution in [-0.2, 0) is 0 Å². The summed E-state index contributed by atoms with van der Waals surface area (Å²) in [6.45, 7) is 8.74. The van der Waals surface area contributed by atoms with Gasteiger partial charge in [-0.25, -0.2) is 0 Å². The van der Waals surface area contributed by atoms with E-state index < -0.39 is 0 Å². The summed E-state index contributed by atoms with van der Waals surface area (Å²) in [5, 5.41) is 10.4. The molecular weight excluding hydrogens is 228 g/mol. The number of hydrogen-bond acceptors (Lipinski definition) is 2. The minimum Gasteiger partial charge on any atom is -0.393 e. The van der Waals surface area contributed by atoms with Crippen molar-refractivity contribution in [2.45, 2.75) is 56.3 Å². The average molecular weight is 250 g/mol. The molecule has 2 unspecified atom stereocenters. The first-order valence-corrected chi connectivity index (χ1v) is 7.24. The molecule has 1 aliphatic rings. The molecule has 2 heteroatoms. The fraction of sp³-hybridized carbons (Fsp3) is 0.600. The Morgan fingerprint density at radius 3 is 2.24 bits per heavy atom. The van der Waals surface area contributed by atoms with Crippen molar-refractivity contribution >= 4 is 11.8 Å². The molecule has 0 aromatic heterocycles. The van der Waals surface area contributed by atoms with Gasteiger partial charge in [0.25, 0.3) is 0 Å². The van der Waals surface area contributed by atoms with Crippen molar-refractivity contribution in [2.24, 2.45) is 5.41 Å². The summed E-state index contributed by atoms with van der Waals surface area (Å²) in [5.41, 5.74) is 1.40. The Labute approximate surface area is 109 Å². The van der Waals surface area contributed by atoms with Gasteiger partial charge in [0.05, 0.1) is 6.10 Å². The fourth-order valence-electron chi connectivity index (χ4n) is 2.52. The third-order valence-electron chi connectivity index (χ3n) is 3.87. The molecule has 0 radical (unpaired) electrons. The van der Waals surface area contributed by atoms with E-state index >= 15 is 0 Å². The van der Waals surface area contributed by atoms with Gasteiger partial charge in [-0.2, -0.15) is 0 Å². The predicted molar refractivity (Wildman–Crippen MR) is 74.6 cm³/mol. The Bertz CT molecular complexity index is 380. The van der Waals surface area contributed by atoms with Crippen molar-refractivity contribution in [1.29, 1.82) is 0 Å². The third-order valence-corrected chi connectivity index (χ3v) is 4.89. The highest BCUT2D eigenvalue weighted by molar-refractivity contribution is 7.99. The number of benzene rings is 1. The molecule has 2 atom stereocenters. The van der Waals surface area contributed by atoms with E-state index in [0.717, 1.165) is 6.42 Å². The van der Waals surface area contributed by atoms with Crippen molar-refractivity contribution in [3.05, 3.63) is 29.8 Å². The van der Waals surface area contributed by atoms with Crippen molar-refractivity contribution < 1.29 is 5.11 Å². The van der Waals surface area contributed by atoms with Crippen LogP contribution in [0.1, 0.15) is 45.6 Å². The smallest absolute Gasteiger partial charge is 0.0603 e. The number of aliphatic hydroxyl groups excluding tert-OH is 1. The van der Waals surface area contributed by atoms with E-state index in [1.54, 1.807) is 0 Å². The van der Waals surface area contributed by atoms with Crippen molar-refractivity contribution in [1.82, 2.24) is 0 Å². The van der Waals surface area contributed by atoms with Gasteiger partial charge in [-0.05, 0) is 35.4 Å². The van der Waals surface area contributed by atoms with Gasteiger partial charge >= 0.3 is 0 Å². The van der Waals surface area contributed by atoms with Gasteiger partial charge in [0, 0.05) is 10.1 Å². The minimum atomic E-state index is -0.141. The number of rotatable bonds is 3. The van der Waals surface area contributed by atoms with E-state index in [9.17, 15) is 5.11 Å². The van der Waals surface area contributed by atoms with Crippen LogP contribution in [0.3, 0.4) is 0 Å². The van der Waals surface area contributed by atoms with Gasteiger partial charge in [-0.1, -0.05) is 39.8 Å². The zero-order valence-corrected chi connectivity index (χ0v) is 11.9. The average Bonchev–Trinajstić information content (AvgIpc) is 2.26. The Morgan fingerprint density at radius 2 is 1.82 bits per heavy atom. The molecule has 1 aromatic carbocycles. The first-order valence-electron chi connectivity index (χ1n) is 6.36. The Kier molecular flexibility index (Phi) is 3.55. The van der Waals surface area contributed by atoms with Gasteiger partial charge in [0.2, 0.25) is 0 Å². The minimum absolute atomic E-state index is 0.0344. The SMILES string of the molecule is CC(C)Sc1ccc(C2CC(O)C2(C)C)cc1. The van der Waals surface area contributed by atoms with E-state index in [0.29, 0.717) is 11.2 Å². The molecule has 0 heterocycles. The van der Waals surface area contributed by atoms with Crippen LogP contribution in [0.15, 0.2) is 29.2 Å². The lowest BCUT2D eigenvalue weighted by Crippen LogP contribution is -2.47. The van der Waals surface area contributed by atoms with E-state index in [4.69, 9.17) is 0 Å². The molecule has 94 valence electrons. The Balaban J connectivity index is 2.09. The molecule has 2 rings (SSSR count). The zero-order valence-electron chi connectivity index (χ0n) is 11.1. The zero-order chi connectivity index (χ0) is 12.6. The molecule has 17 heavy (non-hydrogen) atoms. The highest BCUT2D eigenvalue weighted by Gasteiger charge is 2.47. The first kappa shape index (κ1) is 13.0. The maximum atomic E-state index is 9.78. The summed E-state index contributed by atoms with van der Waals surface area (Å²) >= 11 is 1.90. The standard InChI is InChI=1S/C15H22OS/c1-10(2)17-12-7-5-11(6-8-12)13-9-14(16)15(13,3)4/h5-8,10,13-14,16H,9H2,1-4H3. The summed E-state index contributed by atoms with van der Waals surface area (Å²) in [4.78, 5) is 1.33. The molecule has 0 amide bonds. The largest absolute Gasteiger partial charge is 0.393 e.